The highest BCUT2D eigenvalue weighted by Gasteiger charge is 2.22. The van der Waals surface area contributed by atoms with Gasteiger partial charge in [0.2, 0.25) is 5.91 Å². The Balaban J connectivity index is 1.58. The van der Waals surface area contributed by atoms with Crippen LogP contribution in [0.1, 0.15) is 45.4 Å². The van der Waals surface area contributed by atoms with Crippen LogP contribution in [0.25, 0.3) is 10.9 Å². The van der Waals surface area contributed by atoms with Gasteiger partial charge in [0.05, 0.1) is 29.3 Å². The van der Waals surface area contributed by atoms with Crippen LogP contribution < -0.4 is 5.56 Å². The van der Waals surface area contributed by atoms with Crippen LogP contribution >= 0.6 is 11.8 Å². The maximum atomic E-state index is 13.2. The molecule has 0 bridgehead atoms. The van der Waals surface area contributed by atoms with Gasteiger partial charge in [0.15, 0.2) is 5.16 Å². The lowest BCUT2D eigenvalue weighted by atomic mass is 10.0. The van der Waals surface area contributed by atoms with E-state index in [9.17, 15) is 9.59 Å². The van der Waals surface area contributed by atoms with Crippen molar-refractivity contribution in [3.05, 3.63) is 46.4 Å². The Morgan fingerprint density at radius 1 is 1.30 bits per heavy atom. The van der Waals surface area contributed by atoms with Crippen molar-refractivity contribution >= 4 is 28.6 Å². The first-order valence-corrected chi connectivity index (χ1v) is 11.9. The molecule has 160 valence electrons. The van der Waals surface area contributed by atoms with Crippen molar-refractivity contribution in [2.75, 3.05) is 18.9 Å². The molecule has 0 spiro atoms. The summed E-state index contributed by atoms with van der Waals surface area (Å²) in [5.74, 6) is 0.336. The number of hydrogen-bond acceptors (Lipinski definition) is 5. The van der Waals surface area contributed by atoms with Crippen LogP contribution in [0.15, 0.2) is 46.0 Å². The minimum absolute atomic E-state index is 0.0280. The van der Waals surface area contributed by atoms with Gasteiger partial charge in [-0.15, -0.1) is 0 Å². The minimum atomic E-state index is -0.0617. The molecule has 7 heteroatoms. The quantitative estimate of drug-likeness (QED) is 0.494. The van der Waals surface area contributed by atoms with Gasteiger partial charge in [-0.1, -0.05) is 30.0 Å². The number of thioether (sulfide) groups is 1. The smallest absolute Gasteiger partial charge is 0.262 e. The van der Waals surface area contributed by atoms with E-state index in [4.69, 9.17) is 9.72 Å². The van der Waals surface area contributed by atoms with Gasteiger partial charge in [0.25, 0.3) is 5.56 Å². The molecule has 1 fully saturated rings. The highest BCUT2D eigenvalue weighted by Crippen LogP contribution is 2.24. The van der Waals surface area contributed by atoms with E-state index in [-0.39, 0.29) is 23.3 Å². The van der Waals surface area contributed by atoms with Crippen molar-refractivity contribution in [3.8, 4) is 0 Å². The molecule has 1 aromatic carbocycles. The normalized spacial score (nSPS) is 19.1. The number of ether oxygens (including phenoxy) is 1. The van der Waals surface area contributed by atoms with E-state index in [2.05, 4.69) is 6.08 Å². The SMILES string of the molecule is CCN(C(=O)CSc1nc2ccccc2c(=O)n1C[C@H]1CCCO1)C1=CCCCC1. The summed E-state index contributed by atoms with van der Waals surface area (Å²) in [6.07, 6.45) is 8.51. The number of fused-ring (bicyclic) bond motifs is 1. The number of carbonyl (C=O) groups excluding carboxylic acids is 1. The zero-order chi connectivity index (χ0) is 20.9. The van der Waals surface area contributed by atoms with Gasteiger partial charge in [-0.3, -0.25) is 14.2 Å². The van der Waals surface area contributed by atoms with E-state index >= 15 is 0 Å². The summed E-state index contributed by atoms with van der Waals surface area (Å²) in [4.78, 5) is 32.8. The van der Waals surface area contributed by atoms with Crippen LogP contribution in [0.4, 0.5) is 0 Å². The Kier molecular flexibility index (Phi) is 6.89. The molecule has 6 nitrogen and oxygen atoms in total. The van der Waals surface area contributed by atoms with E-state index in [1.807, 2.05) is 36.1 Å². The standard InChI is InChI=1S/C23H29N3O3S/c1-2-25(17-9-4-3-5-10-17)21(27)16-30-23-24-20-13-7-6-12-19(20)22(28)26(23)15-18-11-8-14-29-18/h6-7,9,12-13,18H,2-5,8,10-11,14-16H2,1H3/t18-/m1/s1. The molecule has 1 saturated heterocycles. The average Bonchev–Trinajstić information content (AvgIpc) is 3.29. The number of aromatic nitrogens is 2. The number of amides is 1. The summed E-state index contributed by atoms with van der Waals surface area (Å²) in [7, 11) is 0. The highest BCUT2D eigenvalue weighted by molar-refractivity contribution is 7.99. The van der Waals surface area contributed by atoms with Crippen LogP contribution in [0.3, 0.4) is 0 Å². The number of para-hydroxylation sites is 1. The van der Waals surface area contributed by atoms with E-state index in [1.54, 1.807) is 4.57 Å². The molecule has 0 saturated carbocycles. The number of hydrogen-bond donors (Lipinski definition) is 0. The molecule has 2 heterocycles. The third kappa shape index (κ3) is 4.62. The lowest BCUT2D eigenvalue weighted by Gasteiger charge is -2.26. The molecule has 0 N–H and O–H groups in total. The molecular weight excluding hydrogens is 398 g/mol. The topological polar surface area (TPSA) is 64.4 Å². The fraction of sp³-hybridized carbons (Fsp3) is 0.522. The first-order chi connectivity index (χ1) is 14.7. The van der Waals surface area contributed by atoms with Gasteiger partial charge < -0.3 is 9.64 Å². The van der Waals surface area contributed by atoms with E-state index < -0.39 is 0 Å². The van der Waals surface area contributed by atoms with Gasteiger partial charge in [0, 0.05) is 18.8 Å². The van der Waals surface area contributed by atoms with Crippen LogP contribution in [0, 0.1) is 0 Å². The van der Waals surface area contributed by atoms with Crippen LogP contribution in [-0.4, -0.2) is 45.4 Å². The number of rotatable bonds is 7. The van der Waals surface area contributed by atoms with Crippen molar-refractivity contribution < 1.29 is 9.53 Å². The molecular formula is C23H29N3O3S. The predicted molar refractivity (Wildman–Crippen MR) is 120 cm³/mol. The second-order valence-electron chi connectivity index (χ2n) is 7.83. The monoisotopic (exact) mass is 427 g/mol. The Hall–Kier alpha value is -2.12. The van der Waals surface area contributed by atoms with Crippen molar-refractivity contribution in [1.29, 1.82) is 0 Å². The molecule has 0 unspecified atom stereocenters. The second kappa shape index (κ2) is 9.79. The van der Waals surface area contributed by atoms with Gasteiger partial charge in [0.1, 0.15) is 0 Å². The molecule has 30 heavy (non-hydrogen) atoms. The van der Waals surface area contributed by atoms with E-state index in [1.165, 1.54) is 18.2 Å². The average molecular weight is 428 g/mol. The summed E-state index contributed by atoms with van der Waals surface area (Å²) in [6.45, 7) is 3.90. The summed E-state index contributed by atoms with van der Waals surface area (Å²) in [6, 6.07) is 7.40. The maximum Gasteiger partial charge on any atom is 0.262 e. The summed E-state index contributed by atoms with van der Waals surface area (Å²) in [5.41, 5.74) is 1.74. The van der Waals surface area contributed by atoms with Gasteiger partial charge in [-0.05, 0) is 57.6 Å². The van der Waals surface area contributed by atoms with Gasteiger partial charge in [-0.2, -0.15) is 0 Å². The molecule has 2 aromatic rings. The zero-order valence-corrected chi connectivity index (χ0v) is 18.3. The minimum Gasteiger partial charge on any atom is -0.376 e. The summed E-state index contributed by atoms with van der Waals surface area (Å²) >= 11 is 1.35. The first-order valence-electron chi connectivity index (χ1n) is 10.9. The second-order valence-corrected chi connectivity index (χ2v) is 8.77. The van der Waals surface area contributed by atoms with Crippen LogP contribution in [-0.2, 0) is 16.1 Å². The maximum absolute atomic E-state index is 13.2. The number of nitrogens with zero attached hydrogens (tertiary/aromatic N) is 3. The molecule has 1 aromatic heterocycles. The largest absolute Gasteiger partial charge is 0.376 e. The van der Waals surface area contributed by atoms with Crippen LogP contribution in [0.5, 0.6) is 0 Å². The predicted octanol–water partition coefficient (Wildman–Crippen LogP) is 3.97. The number of allylic oxidation sites excluding steroid dienone is 2. The fourth-order valence-corrected chi connectivity index (χ4v) is 5.11. The Labute approximate surface area is 181 Å². The highest BCUT2D eigenvalue weighted by atomic mass is 32.2. The third-order valence-corrected chi connectivity index (χ3v) is 6.75. The van der Waals surface area contributed by atoms with Crippen molar-refractivity contribution in [2.24, 2.45) is 0 Å². The molecule has 1 aliphatic heterocycles. The Bertz CT molecular complexity index is 995. The lowest BCUT2D eigenvalue weighted by Crippen LogP contribution is -2.33. The first kappa shape index (κ1) is 21.1. The number of carbonyl (C=O) groups is 1. The zero-order valence-electron chi connectivity index (χ0n) is 17.5. The third-order valence-electron chi connectivity index (χ3n) is 5.79. The van der Waals surface area contributed by atoms with Crippen molar-refractivity contribution in [1.82, 2.24) is 14.5 Å². The molecule has 2 aliphatic rings. The van der Waals surface area contributed by atoms with Gasteiger partial charge >= 0.3 is 0 Å². The molecule has 4 rings (SSSR count). The Morgan fingerprint density at radius 3 is 2.90 bits per heavy atom. The van der Waals surface area contributed by atoms with Gasteiger partial charge in [-0.25, -0.2) is 4.98 Å². The van der Waals surface area contributed by atoms with E-state index in [0.717, 1.165) is 44.4 Å². The molecule has 0 radical (unpaired) electrons. The number of benzene rings is 1. The van der Waals surface area contributed by atoms with Crippen molar-refractivity contribution in [2.45, 2.75) is 63.3 Å². The van der Waals surface area contributed by atoms with E-state index in [0.29, 0.717) is 29.1 Å². The summed E-state index contributed by atoms with van der Waals surface area (Å²) < 4.78 is 7.46. The molecule has 1 aliphatic carbocycles. The Morgan fingerprint density at radius 2 is 2.17 bits per heavy atom. The van der Waals surface area contributed by atoms with Crippen LogP contribution in [0.2, 0.25) is 0 Å². The lowest BCUT2D eigenvalue weighted by molar-refractivity contribution is -0.126. The van der Waals surface area contributed by atoms with Crippen molar-refractivity contribution in [3.63, 3.8) is 0 Å². The summed E-state index contributed by atoms with van der Waals surface area (Å²) in [5, 5.41) is 1.20. The molecule has 1 amide bonds. The molecule has 1 atom stereocenters. The fourth-order valence-electron chi connectivity index (χ4n) is 4.22.